The summed E-state index contributed by atoms with van der Waals surface area (Å²) in [5.74, 6) is -0.129. The van der Waals surface area contributed by atoms with Crippen LogP contribution >= 0.6 is 23.2 Å². The van der Waals surface area contributed by atoms with E-state index in [4.69, 9.17) is 28.9 Å². The molecule has 0 saturated carbocycles. The van der Waals surface area contributed by atoms with Gasteiger partial charge in [-0.25, -0.2) is 0 Å². The summed E-state index contributed by atoms with van der Waals surface area (Å²) in [6.45, 7) is 6.01. The average Bonchev–Trinajstić information content (AvgIpc) is 2.22. The van der Waals surface area contributed by atoms with Gasteiger partial charge in [0.1, 0.15) is 0 Å². The molecule has 0 saturated heterocycles. The van der Waals surface area contributed by atoms with Gasteiger partial charge in [-0.2, -0.15) is 0 Å². The van der Waals surface area contributed by atoms with Crippen molar-refractivity contribution in [1.82, 2.24) is 0 Å². The van der Waals surface area contributed by atoms with Crippen molar-refractivity contribution >= 4 is 34.8 Å². The smallest absolute Gasteiger partial charge is 0.225 e. The second-order valence-corrected chi connectivity index (χ2v) is 6.17. The van der Waals surface area contributed by atoms with Crippen LogP contribution in [0.2, 0.25) is 10.0 Å². The Bertz CT molecular complexity index is 441. The Morgan fingerprint density at radius 3 is 2.44 bits per heavy atom. The Hall–Kier alpha value is -0.770. The molecule has 5 heteroatoms. The summed E-state index contributed by atoms with van der Waals surface area (Å²) in [5.41, 5.74) is 6.47. The number of rotatable bonds is 3. The summed E-state index contributed by atoms with van der Waals surface area (Å²) in [6, 6.07) is 4.77. The number of halogens is 2. The Morgan fingerprint density at radius 1 is 1.33 bits per heavy atom. The molecule has 0 spiro atoms. The molecule has 0 heterocycles. The largest absolute Gasteiger partial charge is 0.327 e. The van der Waals surface area contributed by atoms with Crippen LogP contribution in [-0.2, 0) is 4.79 Å². The highest BCUT2D eigenvalue weighted by molar-refractivity contribution is 6.42. The molecule has 1 unspecified atom stereocenters. The van der Waals surface area contributed by atoms with E-state index >= 15 is 0 Å². The summed E-state index contributed by atoms with van der Waals surface area (Å²) < 4.78 is 0. The van der Waals surface area contributed by atoms with Crippen molar-refractivity contribution < 1.29 is 4.79 Å². The van der Waals surface area contributed by atoms with Gasteiger partial charge in [-0.15, -0.1) is 0 Å². The molecule has 0 fully saturated rings. The summed E-state index contributed by atoms with van der Waals surface area (Å²) in [7, 11) is 0. The second-order valence-electron chi connectivity index (χ2n) is 5.35. The number of nitrogens with one attached hydrogen (secondary N) is 1. The van der Waals surface area contributed by atoms with Gasteiger partial charge in [0.2, 0.25) is 5.91 Å². The lowest BCUT2D eigenvalue weighted by molar-refractivity contribution is -0.117. The van der Waals surface area contributed by atoms with Crippen LogP contribution in [0.4, 0.5) is 5.69 Å². The molecule has 1 aromatic rings. The topological polar surface area (TPSA) is 55.1 Å². The van der Waals surface area contributed by atoms with Crippen LogP contribution in [0.15, 0.2) is 18.2 Å². The molecule has 1 atom stereocenters. The first-order valence-electron chi connectivity index (χ1n) is 5.70. The van der Waals surface area contributed by atoms with E-state index in [1.165, 1.54) is 0 Å². The summed E-state index contributed by atoms with van der Waals surface area (Å²) in [4.78, 5) is 11.8. The SMILES string of the molecule is CC(C)(C)C(N)CC(=O)Nc1ccc(Cl)c(Cl)c1. The van der Waals surface area contributed by atoms with Gasteiger partial charge in [0, 0.05) is 18.2 Å². The third-order valence-electron chi connectivity index (χ3n) is 2.72. The standard InChI is InChI=1S/C13H18Cl2N2O/c1-13(2,3)11(16)7-12(18)17-8-4-5-9(14)10(15)6-8/h4-6,11H,7,16H2,1-3H3,(H,17,18). The molecule has 0 aromatic heterocycles. The van der Waals surface area contributed by atoms with Crippen LogP contribution < -0.4 is 11.1 Å². The lowest BCUT2D eigenvalue weighted by atomic mass is 9.85. The highest BCUT2D eigenvalue weighted by atomic mass is 35.5. The summed E-state index contributed by atoms with van der Waals surface area (Å²) in [6.07, 6.45) is 0.268. The molecular weight excluding hydrogens is 271 g/mol. The van der Waals surface area contributed by atoms with Crippen molar-refractivity contribution in [2.45, 2.75) is 33.2 Å². The monoisotopic (exact) mass is 288 g/mol. The van der Waals surface area contributed by atoms with Crippen LogP contribution in [0.1, 0.15) is 27.2 Å². The average molecular weight is 289 g/mol. The molecule has 1 amide bonds. The Balaban J connectivity index is 2.62. The fraction of sp³-hybridized carbons (Fsp3) is 0.462. The Kier molecular flexibility index (Phi) is 5.02. The normalized spacial score (nSPS) is 13.2. The van der Waals surface area contributed by atoms with E-state index < -0.39 is 0 Å². The molecule has 0 bridgehead atoms. The zero-order chi connectivity index (χ0) is 13.9. The van der Waals surface area contributed by atoms with Gasteiger partial charge in [-0.3, -0.25) is 4.79 Å². The zero-order valence-corrected chi connectivity index (χ0v) is 12.3. The maximum Gasteiger partial charge on any atom is 0.225 e. The van der Waals surface area contributed by atoms with Gasteiger partial charge in [-0.05, 0) is 23.6 Å². The van der Waals surface area contributed by atoms with Crippen LogP contribution in [0.5, 0.6) is 0 Å². The maximum absolute atomic E-state index is 11.8. The molecule has 0 aliphatic carbocycles. The maximum atomic E-state index is 11.8. The van der Waals surface area contributed by atoms with E-state index in [2.05, 4.69) is 5.32 Å². The van der Waals surface area contributed by atoms with E-state index in [1.54, 1.807) is 18.2 Å². The molecular formula is C13H18Cl2N2O. The van der Waals surface area contributed by atoms with E-state index in [1.807, 2.05) is 20.8 Å². The minimum absolute atomic E-state index is 0.102. The molecule has 3 nitrogen and oxygen atoms in total. The second kappa shape index (κ2) is 5.91. The number of hydrogen-bond acceptors (Lipinski definition) is 2. The van der Waals surface area contributed by atoms with Gasteiger partial charge >= 0.3 is 0 Å². The number of hydrogen-bond donors (Lipinski definition) is 2. The minimum atomic E-state index is -0.194. The van der Waals surface area contributed by atoms with Crippen molar-refractivity contribution in [1.29, 1.82) is 0 Å². The number of nitrogens with two attached hydrogens (primary N) is 1. The Morgan fingerprint density at radius 2 is 1.94 bits per heavy atom. The van der Waals surface area contributed by atoms with Gasteiger partial charge < -0.3 is 11.1 Å². The number of amides is 1. The number of benzene rings is 1. The molecule has 1 rings (SSSR count). The summed E-state index contributed by atoms with van der Waals surface area (Å²) >= 11 is 11.7. The van der Waals surface area contributed by atoms with Crippen LogP contribution in [0.3, 0.4) is 0 Å². The molecule has 18 heavy (non-hydrogen) atoms. The zero-order valence-electron chi connectivity index (χ0n) is 10.8. The predicted octanol–water partition coefficient (Wildman–Crippen LogP) is 3.70. The molecule has 1 aromatic carbocycles. The first kappa shape index (κ1) is 15.3. The van der Waals surface area contributed by atoms with Crippen molar-refractivity contribution in [2.75, 3.05) is 5.32 Å². The number of anilines is 1. The molecule has 0 radical (unpaired) electrons. The van der Waals surface area contributed by atoms with Gasteiger partial charge in [0.15, 0.2) is 0 Å². The highest BCUT2D eigenvalue weighted by Crippen LogP contribution is 2.25. The molecule has 100 valence electrons. The van der Waals surface area contributed by atoms with E-state index in [-0.39, 0.29) is 23.8 Å². The lowest BCUT2D eigenvalue weighted by Gasteiger charge is -2.26. The van der Waals surface area contributed by atoms with Crippen LogP contribution in [0, 0.1) is 5.41 Å². The number of carbonyl (C=O) groups excluding carboxylic acids is 1. The van der Waals surface area contributed by atoms with Crippen molar-refractivity contribution in [3.05, 3.63) is 28.2 Å². The van der Waals surface area contributed by atoms with E-state index in [9.17, 15) is 4.79 Å². The van der Waals surface area contributed by atoms with Gasteiger partial charge in [0.05, 0.1) is 10.0 Å². The summed E-state index contributed by atoms with van der Waals surface area (Å²) in [5, 5.41) is 3.62. The highest BCUT2D eigenvalue weighted by Gasteiger charge is 2.23. The van der Waals surface area contributed by atoms with Gasteiger partial charge in [-0.1, -0.05) is 44.0 Å². The van der Waals surface area contributed by atoms with Crippen molar-refractivity contribution in [3.8, 4) is 0 Å². The molecule has 0 aliphatic rings. The number of carbonyl (C=O) groups is 1. The Labute approximate surface area is 118 Å². The van der Waals surface area contributed by atoms with Crippen molar-refractivity contribution in [2.24, 2.45) is 11.1 Å². The molecule has 3 N–H and O–H groups in total. The first-order valence-corrected chi connectivity index (χ1v) is 6.46. The third-order valence-corrected chi connectivity index (χ3v) is 3.46. The molecule has 0 aliphatic heterocycles. The van der Waals surface area contributed by atoms with Crippen LogP contribution in [0.25, 0.3) is 0 Å². The van der Waals surface area contributed by atoms with E-state index in [0.717, 1.165) is 0 Å². The lowest BCUT2D eigenvalue weighted by Crippen LogP contribution is -2.38. The third kappa shape index (κ3) is 4.48. The fourth-order valence-electron chi connectivity index (χ4n) is 1.29. The quantitative estimate of drug-likeness (QED) is 0.891. The first-order chi connectivity index (χ1) is 8.20. The predicted molar refractivity (Wildman–Crippen MR) is 77.1 cm³/mol. The fourth-order valence-corrected chi connectivity index (χ4v) is 1.59. The van der Waals surface area contributed by atoms with Crippen LogP contribution in [-0.4, -0.2) is 11.9 Å². The minimum Gasteiger partial charge on any atom is -0.327 e. The van der Waals surface area contributed by atoms with Gasteiger partial charge in [0.25, 0.3) is 0 Å². The van der Waals surface area contributed by atoms with E-state index in [0.29, 0.717) is 15.7 Å². The van der Waals surface area contributed by atoms with Crippen molar-refractivity contribution in [3.63, 3.8) is 0 Å².